The van der Waals surface area contributed by atoms with E-state index in [2.05, 4.69) is 9.97 Å². The zero-order valence-electron chi connectivity index (χ0n) is 17.7. The van der Waals surface area contributed by atoms with E-state index in [1.165, 1.54) is 13.2 Å². The maximum Gasteiger partial charge on any atom is 0.418 e. The molecule has 1 aromatic carbocycles. The van der Waals surface area contributed by atoms with Gasteiger partial charge in [-0.3, -0.25) is 4.79 Å². The van der Waals surface area contributed by atoms with E-state index >= 15 is 0 Å². The largest absolute Gasteiger partial charge is 0.443 e. The third kappa shape index (κ3) is 3.89. The van der Waals surface area contributed by atoms with E-state index in [0.29, 0.717) is 16.7 Å². The number of methoxy groups -OCH3 is 1. The Morgan fingerprint density at radius 2 is 1.97 bits per heavy atom. The molecular formula is C21H23ClFN3O4. The average Bonchev–Trinajstić information content (AvgIpc) is 2.81. The lowest BCUT2D eigenvalue weighted by molar-refractivity contribution is 0.00916. The zero-order valence-corrected chi connectivity index (χ0v) is 18.4. The van der Waals surface area contributed by atoms with Gasteiger partial charge in [-0.25, -0.2) is 24.1 Å². The molecule has 9 heteroatoms. The molecule has 2 heterocycles. The molecule has 0 radical (unpaired) electrons. The summed E-state index contributed by atoms with van der Waals surface area (Å²) in [5.41, 5.74) is 0.0129. The van der Waals surface area contributed by atoms with Gasteiger partial charge in [-0.1, -0.05) is 0 Å². The molecule has 0 spiro atoms. The predicted molar refractivity (Wildman–Crippen MR) is 109 cm³/mol. The highest BCUT2D eigenvalue weighted by molar-refractivity contribution is 6.28. The molecule has 0 atom stereocenters. The van der Waals surface area contributed by atoms with Crippen LogP contribution in [-0.4, -0.2) is 39.6 Å². The third-order valence-electron chi connectivity index (χ3n) is 4.69. The highest BCUT2D eigenvalue weighted by atomic mass is 35.5. The summed E-state index contributed by atoms with van der Waals surface area (Å²) < 4.78 is 25.1. The Morgan fingerprint density at radius 1 is 1.30 bits per heavy atom. The van der Waals surface area contributed by atoms with E-state index in [9.17, 15) is 14.0 Å². The Morgan fingerprint density at radius 3 is 2.57 bits per heavy atom. The number of fused-ring (bicyclic) bond motifs is 1. The summed E-state index contributed by atoms with van der Waals surface area (Å²) in [5.74, 6) is -1.22. The van der Waals surface area contributed by atoms with E-state index in [0.717, 1.165) is 11.1 Å². The molecule has 0 saturated heterocycles. The van der Waals surface area contributed by atoms with Crippen molar-refractivity contribution in [1.29, 1.82) is 0 Å². The summed E-state index contributed by atoms with van der Waals surface area (Å²) in [6, 6.07) is 3.18. The number of aromatic nitrogens is 2. The van der Waals surface area contributed by atoms with Crippen molar-refractivity contribution >= 4 is 23.6 Å². The second-order valence-electron chi connectivity index (χ2n) is 8.51. The van der Waals surface area contributed by atoms with E-state index in [1.54, 1.807) is 40.7 Å². The van der Waals surface area contributed by atoms with Crippen LogP contribution < -0.4 is 0 Å². The average molecular weight is 436 g/mol. The van der Waals surface area contributed by atoms with Crippen molar-refractivity contribution in [2.75, 3.05) is 7.11 Å². The van der Waals surface area contributed by atoms with Crippen LogP contribution in [0.2, 0.25) is 5.28 Å². The molecular weight excluding hydrogens is 413 g/mol. The van der Waals surface area contributed by atoms with Crippen LogP contribution in [0, 0.1) is 5.82 Å². The van der Waals surface area contributed by atoms with Gasteiger partial charge in [-0.2, -0.15) is 0 Å². The van der Waals surface area contributed by atoms with Crippen LogP contribution >= 0.6 is 11.6 Å². The summed E-state index contributed by atoms with van der Waals surface area (Å²) in [6.07, 6.45) is 0.210. The quantitative estimate of drug-likeness (QED) is 0.649. The normalized spacial score (nSPS) is 15.3. The van der Waals surface area contributed by atoms with Crippen molar-refractivity contribution in [1.82, 2.24) is 14.9 Å². The Bertz CT molecular complexity index is 1030. The van der Waals surface area contributed by atoms with E-state index in [-0.39, 0.29) is 23.1 Å². The SMILES string of the molecule is COCc1cc(-c2nc(Cl)ncc2F)cc2c1C(C)(C)N(C(=O)OC(C)(C)C)C2=O. The van der Waals surface area contributed by atoms with E-state index in [1.807, 2.05) is 0 Å². The summed E-state index contributed by atoms with van der Waals surface area (Å²) in [4.78, 5) is 34.8. The van der Waals surface area contributed by atoms with Gasteiger partial charge in [0.15, 0.2) is 5.82 Å². The van der Waals surface area contributed by atoms with E-state index < -0.39 is 29.0 Å². The summed E-state index contributed by atoms with van der Waals surface area (Å²) in [5, 5.41) is -0.123. The molecule has 0 saturated carbocycles. The van der Waals surface area contributed by atoms with Gasteiger partial charge < -0.3 is 9.47 Å². The number of ether oxygens (including phenoxy) is 2. The van der Waals surface area contributed by atoms with Crippen LogP contribution in [0.25, 0.3) is 11.3 Å². The molecule has 1 aliphatic heterocycles. The first-order chi connectivity index (χ1) is 13.9. The summed E-state index contributed by atoms with van der Waals surface area (Å²) in [7, 11) is 1.51. The van der Waals surface area contributed by atoms with Crippen molar-refractivity contribution in [3.8, 4) is 11.3 Å². The molecule has 3 rings (SSSR count). The number of halogens is 2. The van der Waals surface area contributed by atoms with Gasteiger partial charge in [0.1, 0.15) is 11.3 Å². The van der Waals surface area contributed by atoms with Gasteiger partial charge in [-0.15, -0.1) is 0 Å². The summed E-state index contributed by atoms with van der Waals surface area (Å²) in [6.45, 7) is 8.82. The lowest BCUT2D eigenvalue weighted by Crippen LogP contribution is -2.46. The number of imide groups is 1. The minimum absolute atomic E-state index is 0.0449. The molecule has 30 heavy (non-hydrogen) atoms. The van der Waals surface area contributed by atoms with Crippen LogP contribution in [0.4, 0.5) is 9.18 Å². The number of benzene rings is 1. The van der Waals surface area contributed by atoms with Crippen LogP contribution in [0.1, 0.15) is 56.1 Å². The second kappa shape index (κ2) is 7.59. The topological polar surface area (TPSA) is 81.6 Å². The van der Waals surface area contributed by atoms with Crippen LogP contribution in [0.15, 0.2) is 18.3 Å². The van der Waals surface area contributed by atoms with Crippen molar-refractivity contribution in [3.05, 3.63) is 46.1 Å². The van der Waals surface area contributed by atoms with Gasteiger partial charge in [0.05, 0.1) is 18.3 Å². The Hall–Kier alpha value is -2.58. The highest BCUT2D eigenvalue weighted by Crippen LogP contribution is 2.43. The first-order valence-corrected chi connectivity index (χ1v) is 9.67. The highest BCUT2D eigenvalue weighted by Gasteiger charge is 2.49. The van der Waals surface area contributed by atoms with Crippen LogP contribution in [-0.2, 0) is 21.6 Å². The third-order valence-corrected chi connectivity index (χ3v) is 4.87. The van der Waals surface area contributed by atoms with Crippen molar-refractivity contribution in [2.24, 2.45) is 0 Å². The van der Waals surface area contributed by atoms with Crippen molar-refractivity contribution in [3.63, 3.8) is 0 Å². The number of amides is 2. The van der Waals surface area contributed by atoms with Gasteiger partial charge in [-0.05, 0) is 69.5 Å². The fourth-order valence-corrected chi connectivity index (χ4v) is 3.79. The van der Waals surface area contributed by atoms with Crippen molar-refractivity contribution < 1.29 is 23.5 Å². The number of carbonyl (C=O) groups is 2. The molecule has 2 amide bonds. The predicted octanol–water partition coefficient (Wildman–Crippen LogP) is 4.71. The minimum Gasteiger partial charge on any atom is -0.443 e. The van der Waals surface area contributed by atoms with Gasteiger partial charge in [0.25, 0.3) is 5.91 Å². The molecule has 0 fully saturated rings. The molecule has 160 valence electrons. The standard InChI is InChI=1S/C21H23ClFN3O4/c1-20(2,3)30-19(28)26-17(27)13-8-11(16-14(23)9-24-18(22)25-16)7-12(10-29-6)15(13)21(26,4)5/h7-9H,10H2,1-6H3. The molecule has 1 aliphatic rings. The Kier molecular flexibility index (Phi) is 5.60. The molecule has 0 N–H and O–H groups in total. The van der Waals surface area contributed by atoms with Gasteiger partial charge >= 0.3 is 6.09 Å². The van der Waals surface area contributed by atoms with Crippen LogP contribution in [0.5, 0.6) is 0 Å². The maximum absolute atomic E-state index is 14.4. The number of nitrogens with zero attached hydrogens (tertiary/aromatic N) is 3. The van der Waals surface area contributed by atoms with Gasteiger partial charge in [0, 0.05) is 18.2 Å². The maximum atomic E-state index is 14.4. The first kappa shape index (κ1) is 22.1. The monoisotopic (exact) mass is 435 g/mol. The molecule has 0 unspecified atom stereocenters. The zero-order chi connectivity index (χ0) is 22.4. The molecule has 1 aromatic heterocycles. The number of hydrogen-bond acceptors (Lipinski definition) is 6. The fourth-order valence-electron chi connectivity index (χ4n) is 3.65. The fraction of sp³-hybridized carbons (Fsp3) is 0.429. The minimum atomic E-state index is -0.997. The van der Waals surface area contributed by atoms with E-state index in [4.69, 9.17) is 21.1 Å². The van der Waals surface area contributed by atoms with Crippen LogP contribution in [0.3, 0.4) is 0 Å². The molecule has 0 aliphatic carbocycles. The number of carbonyl (C=O) groups excluding carboxylic acids is 2. The van der Waals surface area contributed by atoms with Gasteiger partial charge in [0.2, 0.25) is 5.28 Å². The first-order valence-electron chi connectivity index (χ1n) is 9.29. The number of rotatable bonds is 3. The smallest absolute Gasteiger partial charge is 0.418 e. The number of hydrogen-bond donors (Lipinski definition) is 0. The Balaban J connectivity index is 2.19. The lowest BCUT2D eigenvalue weighted by Gasteiger charge is -2.33. The molecule has 2 aromatic rings. The summed E-state index contributed by atoms with van der Waals surface area (Å²) >= 11 is 5.84. The van der Waals surface area contributed by atoms with Crippen molar-refractivity contribution in [2.45, 2.75) is 52.4 Å². The molecule has 7 nitrogen and oxygen atoms in total. The molecule has 0 bridgehead atoms. The lowest BCUT2D eigenvalue weighted by atomic mass is 9.87. The Labute approximate surface area is 179 Å². The second-order valence-corrected chi connectivity index (χ2v) is 8.84.